The van der Waals surface area contributed by atoms with Gasteiger partial charge in [-0.25, -0.2) is 4.98 Å². The van der Waals surface area contributed by atoms with E-state index < -0.39 is 0 Å². The predicted octanol–water partition coefficient (Wildman–Crippen LogP) is 4.61. The van der Waals surface area contributed by atoms with Crippen LogP contribution in [-0.2, 0) is 0 Å². The number of benzene rings is 2. The minimum Gasteiger partial charge on any atom is -0.383 e. The Kier molecular flexibility index (Phi) is 3.47. The van der Waals surface area contributed by atoms with Crippen molar-refractivity contribution < 1.29 is 0 Å². The molecule has 5 heteroatoms. The molecule has 0 amide bonds. The maximum atomic E-state index is 6.41. The van der Waals surface area contributed by atoms with Crippen LogP contribution in [0.2, 0.25) is 5.02 Å². The van der Waals surface area contributed by atoms with E-state index in [2.05, 4.69) is 5.10 Å². The van der Waals surface area contributed by atoms with Gasteiger partial charge in [0.25, 0.3) is 0 Å². The number of nitrogen functional groups attached to an aromatic ring is 1. The Labute approximate surface area is 144 Å². The number of aryl methyl sites for hydroxylation is 1. The first kappa shape index (κ1) is 14.7. The normalized spacial score (nSPS) is 11.1. The molecule has 0 spiro atoms. The Balaban J connectivity index is 1.95. The molecular weight excluding hydrogens is 320 g/mol. The zero-order valence-electron chi connectivity index (χ0n) is 13.1. The van der Waals surface area contributed by atoms with Crippen LogP contribution in [0.25, 0.3) is 27.9 Å². The number of nitrogens with two attached hydrogens (primary N) is 1. The number of aromatic nitrogens is 3. The number of halogens is 1. The predicted molar refractivity (Wildman–Crippen MR) is 98.0 cm³/mol. The van der Waals surface area contributed by atoms with Crippen LogP contribution < -0.4 is 5.73 Å². The van der Waals surface area contributed by atoms with Gasteiger partial charge in [-0.15, -0.1) is 0 Å². The monoisotopic (exact) mass is 334 g/mol. The minimum absolute atomic E-state index is 0.587. The molecule has 0 bridgehead atoms. The van der Waals surface area contributed by atoms with Crippen LogP contribution >= 0.6 is 11.6 Å². The fourth-order valence-electron chi connectivity index (χ4n) is 2.93. The van der Waals surface area contributed by atoms with Crippen molar-refractivity contribution in [3.05, 3.63) is 71.5 Å². The first-order valence-corrected chi connectivity index (χ1v) is 7.98. The average molecular weight is 335 g/mol. The molecule has 2 heterocycles. The zero-order valence-corrected chi connectivity index (χ0v) is 13.8. The van der Waals surface area contributed by atoms with Crippen molar-refractivity contribution in [1.82, 2.24) is 14.6 Å². The molecule has 0 radical (unpaired) electrons. The van der Waals surface area contributed by atoms with E-state index in [1.807, 2.05) is 61.5 Å². The van der Waals surface area contributed by atoms with Gasteiger partial charge in [0.2, 0.25) is 0 Å². The standard InChI is InChI=1S/C19H15ClN4/c1-12-17(14-5-3-2-4-6-14)18(21)24-19(23-12)16(11-22-24)13-7-9-15(20)10-8-13/h2-11H,21H2,1H3. The Morgan fingerprint density at radius 2 is 1.67 bits per heavy atom. The van der Waals surface area contributed by atoms with Gasteiger partial charge in [0.05, 0.1) is 11.9 Å². The molecule has 0 fully saturated rings. The molecule has 0 saturated heterocycles. The van der Waals surface area contributed by atoms with Gasteiger partial charge >= 0.3 is 0 Å². The van der Waals surface area contributed by atoms with Crippen molar-refractivity contribution in [3.8, 4) is 22.3 Å². The Hall–Kier alpha value is -2.85. The summed E-state index contributed by atoms with van der Waals surface area (Å²) < 4.78 is 1.69. The second-order valence-electron chi connectivity index (χ2n) is 5.62. The number of rotatable bonds is 2. The Morgan fingerprint density at radius 3 is 2.38 bits per heavy atom. The molecule has 0 aliphatic carbocycles. The Bertz CT molecular complexity index is 1020. The molecular formula is C19H15ClN4. The SMILES string of the molecule is Cc1nc2c(-c3ccc(Cl)cc3)cnn2c(N)c1-c1ccccc1. The summed E-state index contributed by atoms with van der Waals surface area (Å²) in [5.74, 6) is 0.587. The number of hydrogen-bond acceptors (Lipinski definition) is 3. The van der Waals surface area contributed by atoms with E-state index in [1.165, 1.54) is 0 Å². The minimum atomic E-state index is 0.587. The van der Waals surface area contributed by atoms with Crippen LogP contribution in [0.3, 0.4) is 0 Å². The van der Waals surface area contributed by atoms with Crippen LogP contribution in [0.1, 0.15) is 5.69 Å². The molecule has 4 aromatic rings. The molecule has 4 rings (SSSR count). The summed E-state index contributed by atoms with van der Waals surface area (Å²) in [4.78, 5) is 4.76. The van der Waals surface area contributed by atoms with Crippen molar-refractivity contribution in [2.24, 2.45) is 0 Å². The van der Waals surface area contributed by atoms with E-state index in [9.17, 15) is 0 Å². The summed E-state index contributed by atoms with van der Waals surface area (Å²) in [6.07, 6.45) is 1.79. The van der Waals surface area contributed by atoms with Gasteiger partial charge < -0.3 is 5.73 Å². The lowest BCUT2D eigenvalue weighted by molar-refractivity contribution is 0.945. The molecule has 0 saturated carbocycles. The summed E-state index contributed by atoms with van der Waals surface area (Å²) in [6.45, 7) is 1.97. The van der Waals surface area contributed by atoms with Crippen LogP contribution in [0.4, 0.5) is 5.82 Å². The molecule has 0 atom stereocenters. The number of nitrogens with zero attached hydrogens (tertiary/aromatic N) is 3. The molecule has 0 unspecified atom stereocenters. The molecule has 0 aliphatic heterocycles. The highest BCUT2D eigenvalue weighted by molar-refractivity contribution is 6.30. The molecule has 4 nitrogen and oxygen atoms in total. The van der Waals surface area contributed by atoms with Crippen LogP contribution in [-0.4, -0.2) is 14.6 Å². The van der Waals surface area contributed by atoms with Crippen molar-refractivity contribution in [3.63, 3.8) is 0 Å². The summed E-state index contributed by atoms with van der Waals surface area (Å²) in [5.41, 5.74) is 11.9. The molecule has 2 aromatic carbocycles. The molecule has 118 valence electrons. The number of hydrogen-bond donors (Lipinski definition) is 1. The quantitative estimate of drug-likeness (QED) is 0.582. The van der Waals surface area contributed by atoms with Gasteiger partial charge in [-0.1, -0.05) is 54.1 Å². The maximum absolute atomic E-state index is 6.41. The van der Waals surface area contributed by atoms with E-state index in [0.717, 1.165) is 33.6 Å². The van der Waals surface area contributed by atoms with Crippen LogP contribution in [0.15, 0.2) is 60.8 Å². The van der Waals surface area contributed by atoms with Crippen molar-refractivity contribution >= 4 is 23.1 Å². The maximum Gasteiger partial charge on any atom is 0.165 e. The lowest BCUT2D eigenvalue weighted by Gasteiger charge is -2.11. The highest BCUT2D eigenvalue weighted by Gasteiger charge is 2.16. The van der Waals surface area contributed by atoms with Crippen LogP contribution in [0, 0.1) is 6.92 Å². The third-order valence-corrected chi connectivity index (χ3v) is 4.33. The van der Waals surface area contributed by atoms with E-state index in [-0.39, 0.29) is 0 Å². The van der Waals surface area contributed by atoms with E-state index in [4.69, 9.17) is 22.3 Å². The van der Waals surface area contributed by atoms with E-state index in [1.54, 1.807) is 10.7 Å². The van der Waals surface area contributed by atoms with E-state index in [0.29, 0.717) is 10.8 Å². The third kappa shape index (κ3) is 2.32. The topological polar surface area (TPSA) is 56.2 Å². The fourth-order valence-corrected chi connectivity index (χ4v) is 3.05. The van der Waals surface area contributed by atoms with Gasteiger partial charge in [0.1, 0.15) is 5.82 Å². The summed E-state index contributed by atoms with van der Waals surface area (Å²) in [6, 6.07) is 17.6. The number of anilines is 1. The molecule has 2 aromatic heterocycles. The molecule has 0 aliphatic rings. The van der Waals surface area contributed by atoms with Crippen molar-refractivity contribution in [1.29, 1.82) is 0 Å². The van der Waals surface area contributed by atoms with Crippen LogP contribution in [0.5, 0.6) is 0 Å². The van der Waals surface area contributed by atoms with Gasteiger partial charge in [-0.3, -0.25) is 0 Å². The van der Waals surface area contributed by atoms with Gasteiger partial charge in [0.15, 0.2) is 5.65 Å². The average Bonchev–Trinajstić information content (AvgIpc) is 3.00. The summed E-state index contributed by atoms with van der Waals surface area (Å²) in [7, 11) is 0. The highest BCUT2D eigenvalue weighted by atomic mass is 35.5. The molecule has 2 N–H and O–H groups in total. The smallest absolute Gasteiger partial charge is 0.165 e. The summed E-state index contributed by atoms with van der Waals surface area (Å²) >= 11 is 5.97. The Morgan fingerprint density at radius 1 is 0.958 bits per heavy atom. The molecule has 24 heavy (non-hydrogen) atoms. The largest absolute Gasteiger partial charge is 0.383 e. The second kappa shape index (κ2) is 5.65. The first-order valence-electron chi connectivity index (χ1n) is 7.60. The van der Waals surface area contributed by atoms with E-state index >= 15 is 0 Å². The fraction of sp³-hybridized carbons (Fsp3) is 0.0526. The third-order valence-electron chi connectivity index (χ3n) is 4.08. The highest BCUT2D eigenvalue weighted by Crippen LogP contribution is 2.32. The van der Waals surface area contributed by atoms with Crippen molar-refractivity contribution in [2.75, 3.05) is 5.73 Å². The lowest BCUT2D eigenvalue weighted by atomic mass is 10.0. The second-order valence-corrected chi connectivity index (χ2v) is 6.06. The first-order chi connectivity index (χ1) is 11.6. The zero-order chi connectivity index (χ0) is 16.7. The lowest BCUT2D eigenvalue weighted by Crippen LogP contribution is -2.05. The number of fused-ring (bicyclic) bond motifs is 1. The van der Waals surface area contributed by atoms with Gasteiger partial charge in [-0.05, 0) is 30.2 Å². The van der Waals surface area contributed by atoms with Crippen molar-refractivity contribution in [2.45, 2.75) is 6.92 Å². The van der Waals surface area contributed by atoms with Gasteiger partial charge in [-0.2, -0.15) is 9.61 Å². The van der Waals surface area contributed by atoms with Gasteiger partial charge in [0, 0.05) is 16.1 Å². The summed E-state index contributed by atoms with van der Waals surface area (Å²) in [5, 5.41) is 5.14.